The highest BCUT2D eigenvalue weighted by atomic mass is 16.6. The van der Waals surface area contributed by atoms with Crippen LogP contribution in [-0.2, 0) is 0 Å². The second kappa shape index (κ2) is 8.16. The van der Waals surface area contributed by atoms with Crippen molar-refractivity contribution < 1.29 is 10.0 Å². The molecule has 1 heterocycles. The van der Waals surface area contributed by atoms with Gasteiger partial charge in [0, 0.05) is 18.5 Å². The molecule has 2 aromatic rings. The van der Waals surface area contributed by atoms with Crippen LogP contribution in [0.15, 0.2) is 24.4 Å². The SMILES string of the molecule is CC.Cc1ccc2ncc([N+](=O)[O-])c(NCCCO)c2c1. The summed E-state index contributed by atoms with van der Waals surface area (Å²) in [5.41, 5.74) is 2.14. The number of aliphatic hydroxyl groups is 1. The zero-order valence-corrected chi connectivity index (χ0v) is 12.6. The Morgan fingerprint density at radius 1 is 1.38 bits per heavy atom. The van der Waals surface area contributed by atoms with Crippen molar-refractivity contribution >= 4 is 22.3 Å². The molecule has 2 rings (SSSR count). The van der Waals surface area contributed by atoms with E-state index in [2.05, 4.69) is 10.3 Å². The monoisotopic (exact) mass is 291 g/mol. The van der Waals surface area contributed by atoms with Gasteiger partial charge in [0.2, 0.25) is 0 Å². The van der Waals surface area contributed by atoms with Crippen LogP contribution in [-0.4, -0.2) is 28.2 Å². The third-order valence-corrected chi connectivity index (χ3v) is 2.84. The van der Waals surface area contributed by atoms with Crippen molar-refractivity contribution in [3.8, 4) is 0 Å². The molecule has 21 heavy (non-hydrogen) atoms. The van der Waals surface area contributed by atoms with E-state index < -0.39 is 4.92 Å². The molecule has 0 fully saturated rings. The van der Waals surface area contributed by atoms with Crippen LogP contribution in [0.1, 0.15) is 25.8 Å². The van der Waals surface area contributed by atoms with Gasteiger partial charge in [0.05, 0.1) is 10.4 Å². The number of benzene rings is 1. The number of aryl methyl sites for hydroxylation is 1. The highest BCUT2D eigenvalue weighted by molar-refractivity contribution is 5.96. The number of nitrogens with one attached hydrogen (secondary N) is 1. The number of hydrogen-bond acceptors (Lipinski definition) is 5. The minimum absolute atomic E-state index is 0.0445. The predicted molar refractivity (Wildman–Crippen MR) is 84.7 cm³/mol. The molecular weight excluding hydrogens is 270 g/mol. The Kier molecular flexibility index (Phi) is 6.55. The van der Waals surface area contributed by atoms with E-state index in [1.54, 1.807) is 0 Å². The van der Waals surface area contributed by atoms with Crippen molar-refractivity contribution in [3.05, 3.63) is 40.1 Å². The Hall–Kier alpha value is -2.21. The summed E-state index contributed by atoms with van der Waals surface area (Å²) < 4.78 is 0. The van der Waals surface area contributed by atoms with E-state index in [1.807, 2.05) is 39.0 Å². The number of fused-ring (bicyclic) bond motifs is 1. The molecule has 0 radical (unpaired) electrons. The van der Waals surface area contributed by atoms with Crippen LogP contribution in [0.3, 0.4) is 0 Å². The van der Waals surface area contributed by atoms with Crippen LogP contribution in [0, 0.1) is 17.0 Å². The molecule has 114 valence electrons. The fourth-order valence-electron chi connectivity index (χ4n) is 1.91. The maximum atomic E-state index is 11.1. The van der Waals surface area contributed by atoms with Gasteiger partial charge in [-0.3, -0.25) is 10.1 Å². The van der Waals surface area contributed by atoms with E-state index in [4.69, 9.17) is 5.11 Å². The quantitative estimate of drug-likeness (QED) is 0.501. The number of aromatic nitrogens is 1. The van der Waals surface area contributed by atoms with Gasteiger partial charge in [0.15, 0.2) is 0 Å². The number of anilines is 1. The highest BCUT2D eigenvalue weighted by Crippen LogP contribution is 2.31. The van der Waals surface area contributed by atoms with Crippen LogP contribution in [0.4, 0.5) is 11.4 Å². The molecule has 6 heteroatoms. The lowest BCUT2D eigenvalue weighted by atomic mass is 10.1. The maximum absolute atomic E-state index is 11.1. The summed E-state index contributed by atoms with van der Waals surface area (Å²) in [5, 5.41) is 23.6. The van der Waals surface area contributed by atoms with Crippen molar-refractivity contribution in [1.82, 2.24) is 4.98 Å². The number of pyridine rings is 1. The number of nitro groups is 1. The fourth-order valence-corrected chi connectivity index (χ4v) is 1.91. The first-order valence-electron chi connectivity index (χ1n) is 7.02. The van der Waals surface area contributed by atoms with Gasteiger partial charge in [-0.1, -0.05) is 25.5 Å². The van der Waals surface area contributed by atoms with Gasteiger partial charge in [-0.25, -0.2) is 4.98 Å². The summed E-state index contributed by atoms with van der Waals surface area (Å²) >= 11 is 0. The minimum Gasteiger partial charge on any atom is -0.396 e. The molecule has 6 nitrogen and oxygen atoms in total. The summed E-state index contributed by atoms with van der Waals surface area (Å²) in [5.74, 6) is 0. The summed E-state index contributed by atoms with van der Waals surface area (Å²) in [6.07, 6.45) is 1.80. The Labute approximate surface area is 124 Å². The zero-order valence-electron chi connectivity index (χ0n) is 12.6. The summed E-state index contributed by atoms with van der Waals surface area (Å²) in [6.45, 7) is 6.45. The first-order valence-corrected chi connectivity index (χ1v) is 7.02. The lowest BCUT2D eigenvalue weighted by Gasteiger charge is -2.10. The third kappa shape index (κ3) is 4.13. The molecule has 2 N–H and O–H groups in total. The van der Waals surface area contributed by atoms with Gasteiger partial charge in [0.25, 0.3) is 0 Å². The molecule has 1 aromatic heterocycles. The minimum atomic E-state index is -0.448. The van der Waals surface area contributed by atoms with E-state index >= 15 is 0 Å². The summed E-state index contributed by atoms with van der Waals surface area (Å²) in [4.78, 5) is 14.7. The molecule has 0 unspecified atom stereocenters. The van der Waals surface area contributed by atoms with Crippen LogP contribution >= 0.6 is 0 Å². The number of rotatable bonds is 5. The van der Waals surface area contributed by atoms with E-state index in [1.165, 1.54) is 6.20 Å². The second-order valence-corrected chi connectivity index (χ2v) is 4.30. The predicted octanol–water partition coefficient (Wildman–Crippen LogP) is 3.27. The second-order valence-electron chi connectivity index (χ2n) is 4.30. The number of nitrogens with zero attached hydrogens (tertiary/aromatic N) is 2. The lowest BCUT2D eigenvalue weighted by Crippen LogP contribution is -2.07. The van der Waals surface area contributed by atoms with Crippen molar-refractivity contribution in [3.63, 3.8) is 0 Å². The van der Waals surface area contributed by atoms with E-state index in [0.717, 1.165) is 10.9 Å². The van der Waals surface area contributed by atoms with Crippen molar-refractivity contribution in [2.75, 3.05) is 18.5 Å². The first kappa shape index (κ1) is 16.8. The molecular formula is C15H21N3O3. The maximum Gasteiger partial charge on any atom is 0.311 e. The first-order chi connectivity index (χ1) is 10.1. The van der Waals surface area contributed by atoms with Gasteiger partial charge in [-0.15, -0.1) is 0 Å². The zero-order chi connectivity index (χ0) is 15.8. The molecule has 0 saturated carbocycles. The van der Waals surface area contributed by atoms with Crippen molar-refractivity contribution in [2.45, 2.75) is 27.2 Å². The lowest BCUT2D eigenvalue weighted by molar-refractivity contribution is -0.384. The van der Waals surface area contributed by atoms with E-state index in [9.17, 15) is 10.1 Å². The molecule has 0 aliphatic heterocycles. The average Bonchev–Trinajstić information content (AvgIpc) is 2.49. The standard InChI is InChI=1S/C13H15N3O3.C2H6/c1-9-3-4-11-10(7-9)13(14-5-2-6-17)12(8-15-11)16(18)19;1-2/h3-4,7-8,17H,2,5-6H2,1H3,(H,14,15);1-2H3. The molecule has 0 saturated heterocycles. The van der Waals surface area contributed by atoms with Gasteiger partial charge in [-0.2, -0.15) is 0 Å². The number of hydrogen-bond donors (Lipinski definition) is 2. The Balaban J connectivity index is 0.00000106. The topological polar surface area (TPSA) is 88.3 Å². The summed E-state index contributed by atoms with van der Waals surface area (Å²) in [7, 11) is 0. The molecule has 0 aliphatic carbocycles. The smallest absolute Gasteiger partial charge is 0.311 e. The highest BCUT2D eigenvalue weighted by Gasteiger charge is 2.17. The molecule has 0 amide bonds. The van der Waals surface area contributed by atoms with E-state index in [-0.39, 0.29) is 12.3 Å². The van der Waals surface area contributed by atoms with Crippen molar-refractivity contribution in [1.29, 1.82) is 0 Å². The normalized spacial score (nSPS) is 9.90. The Morgan fingerprint density at radius 3 is 2.71 bits per heavy atom. The average molecular weight is 291 g/mol. The van der Waals surface area contributed by atoms with Crippen LogP contribution in [0.5, 0.6) is 0 Å². The van der Waals surface area contributed by atoms with E-state index in [0.29, 0.717) is 24.2 Å². The molecule has 0 spiro atoms. The molecule has 0 bridgehead atoms. The van der Waals surface area contributed by atoms with Gasteiger partial charge >= 0.3 is 5.69 Å². The van der Waals surface area contributed by atoms with Gasteiger partial charge < -0.3 is 10.4 Å². The van der Waals surface area contributed by atoms with Crippen molar-refractivity contribution in [2.24, 2.45) is 0 Å². The third-order valence-electron chi connectivity index (χ3n) is 2.84. The number of aliphatic hydroxyl groups excluding tert-OH is 1. The van der Waals surface area contributed by atoms with Gasteiger partial charge in [0.1, 0.15) is 11.9 Å². The molecule has 0 atom stereocenters. The van der Waals surface area contributed by atoms with Gasteiger partial charge in [-0.05, 0) is 25.5 Å². The molecule has 1 aromatic carbocycles. The largest absolute Gasteiger partial charge is 0.396 e. The summed E-state index contributed by atoms with van der Waals surface area (Å²) in [6, 6.07) is 5.63. The van der Waals surface area contributed by atoms with Crippen LogP contribution in [0.25, 0.3) is 10.9 Å². The van der Waals surface area contributed by atoms with Crippen LogP contribution < -0.4 is 5.32 Å². The fraction of sp³-hybridized carbons (Fsp3) is 0.400. The van der Waals surface area contributed by atoms with Crippen LogP contribution in [0.2, 0.25) is 0 Å². The molecule has 0 aliphatic rings. The Bertz CT molecular complexity index is 614. The Morgan fingerprint density at radius 2 is 2.10 bits per heavy atom.